The highest BCUT2D eigenvalue weighted by Crippen LogP contribution is 2.25. The molecule has 0 aliphatic carbocycles. The SMILES string of the molecule is Cc1ccc(S(=O)(=O)N(CC(=O)OC(C)C)c2ccc(I)cc2)cc1. The van der Waals surface area contributed by atoms with E-state index in [9.17, 15) is 13.2 Å². The summed E-state index contributed by atoms with van der Waals surface area (Å²) < 4.78 is 33.3. The fraction of sp³-hybridized carbons (Fsp3) is 0.278. The summed E-state index contributed by atoms with van der Waals surface area (Å²) in [6.45, 7) is 4.95. The summed E-state index contributed by atoms with van der Waals surface area (Å²) >= 11 is 2.14. The Hall–Kier alpha value is -1.61. The van der Waals surface area contributed by atoms with Gasteiger partial charge >= 0.3 is 5.97 Å². The maximum absolute atomic E-state index is 13.1. The topological polar surface area (TPSA) is 63.7 Å². The maximum atomic E-state index is 13.1. The van der Waals surface area contributed by atoms with Crippen molar-refractivity contribution in [3.8, 4) is 0 Å². The smallest absolute Gasteiger partial charge is 0.327 e. The van der Waals surface area contributed by atoms with Crippen molar-refractivity contribution in [2.45, 2.75) is 31.8 Å². The van der Waals surface area contributed by atoms with Crippen LogP contribution in [-0.2, 0) is 19.6 Å². The van der Waals surface area contributed by atoms with Gasteiger partial charge in [0.1, 0.15) is 6.54 Å². The predicted molar refractivity (Wildman–Crippen MR) is 106 cm³/mol. The molecule has 0 atom stereocenters. The number of halogens is 1. The molecule has 0 aliphatic heterocycles. The van der Waals surface area contributed by atoms with Gasteiger partial charge in [0.2, 0.25) is 0 Å². The molecule has 0 aromatic heterocycles. The first-order valence-electron chi connectivity index (χ1n) is 7.74. The fourth-order valence-corrected chi connectivity index (χ4v) is 3.95. The lowest BCUT2D eigenvalue weighted by molar-refractivity contribution is -0.145. The van der Waals surface area contributed by atoms with Gasteiger partial charge in [-0.1, -0.05) is 17.7 Å². The number of rotatable bonds is 6. The van der Waals surface area contributed by atoms with E-state index in [0.717, 1.165) is 13.4 Å². The molecule has 0 bridgehead atoms. The van der Waals surface area contributed by atoms with E-state index in [-0.39, 0.29) is 17.5 Å². The van der Waals surface area contributed by atoms with Crippen LogP contribution in [0.4, 0.5) is 5.69 Å². The average Bonchev–Trinajstić information content (AvgIpc) is 2.53. The van der Waals surface area contributed by atoms with Crippen LogP contribution in [0.1, 0.15) is 19.4 Å². The Morgan fingerprint density at radius 3 is 2.16 bits per heavy atom. The second-order valence-electron chi connectivity index (χ2n) is 5.84. The molecule has 0 saturated carbocycles. The number of carbonyl (C=O) groups excluding carboxylic acids is 1. The second kappa shape index (κ2) is 8.18. The minimum atomic E-state index is -3.88. The van der Waals surface area contributed by atoms with Crippen molar-refractivity contribution in [1.82, 2.24) is 0 Å². The molecular weight excluding hydrogens is 453 g/mol. The number of nitrogens with zero attached hydrogens (tertiary/aromatic N) is 1. The van der Waals surface area contributed by atoms with E-state index < -0.39 is 16.0 Å². The van der Waals surface area contributed by atoms with Crippen LogP contribution in [0.15, 0.2) is 53.4 Å². The van der Waals surface area contributed by atoms with Gasteiger partial charge < -0.3 is 4.74 Å². The molecule has 0 heterocycles. The quantitative estimate of drug-likeness (QED) is 0.474. The van der Waals surface area contributed by atoms with Crippen LogP contribution < -0.4 is 4.31 Å². The standard InChI is InChI=1S/C18H20INO4S/c1-13(2)24-18(21)12-20(16-8-6-15(19)7-9-16)25(22,23)17-10-4-14(3)5-11-17/h4-11,13H,12H2,1-3H3. The first kappa shape index (κ1) is 19.7. The number of hydrogen-bond donors (Lipinski definition) is 0. The highest BCUT2D eigenvalue weighted by molar-refractivity contribution is 14.1. The van der Waals surface area contributed by atoms with Crippen molar-refractivity contribution in [2.24, 2.45) is 0 Å². The summed E-state index contributed by atoms with van der Waals surface area (Å²) in [5, 5.41) is 0. The number of esters is 1. The molecule has 7 heteroatoms. The zero-order chi connectivity index (χ0) is 18.6. The van der Waals surface area contributed by atoms with Crippen molar-refractivity contribution in [3.63, 3.8) is 0 Å². The maximum Gasteiger partial charge on any atom is 0.327 e. The summed E-state index contributed by atoms with van der Waals surface area (Å²) in [5.74, 6) is -0.593. The third-order valence-electron chi connectivity index (χ3n) is 3.36. The molecule has 0 saturated heterocycles. The molecular formula is C18H20INO4S. The van der Waals surface area contributed by atoms with Crippen LogP contribution in [-0.4, -0.2) is 27.0 Å². The monoisotopic (exact) mass is 473 g/mol. The first-order valence-corrected chi connectivity index (χ1v) is 10.3. The van der Waals surface area contributed by atoms with Crippen molar-refractivity contribution in [2.75, 3.05) is 10.8 Å². The van der Waals surface area contributed by atoms with E-state index in [1.54, 1.807) is 50.2 Å². The molecule has 2 rings (SSSR count). The number of benzene rings is 2. The number of ether oxygens (including phenoxy) is 1. The Kier molecular flexibility index (Phi) is 6.45. The Bertz CT molecular complexity index is 830. The van der Waals surface area contributed by atoms with Crippen LogP contribution in [0.2, 0.25) is 0 Å². The molecule has 0 unspecified atom stereocenters. The molecule has 2 aromatic carbocycles. The fourth-order valence-electron chi connectivity index (χ4n) is 2.18. The zero-order valence-corrected chi connectivity index (χ0v) is 17.2. The predicted octanol–water partition coefficient (Wildman–Crippen LogP) is 3.75. The molecule has 2 aromatic rings. The van der Waals surface area contributed by atoms with Gasteiger partial charge in [-0.05, 0) is 79.8 Å². The summed E-state index contributed by atoms with van der Waals surface area (Å²) in [6, 6.07) is 13.5. The summed E-state index contributed by atoms with van der Waals surface area (Å²) in [4.78, 5) is 12.2. The Labute approximate surface area is 162 Å². The minimum absolute atomic E-state index is 0.133. The minimum Gasteiger partial charge on any atom is -0.462 e. The molecule has 0 amide bonds. The van der Waals surface area contributed by atoms with Crippen molar-refractivity contribution >= 4 is 44.3 Å². The third-order valence-corrected chi connectivity index (χ3v) is 5.87. The highest BCUT2D eigenvalue weighted by Gasteiger charge is 2.28. The Morgan fingerprint density at radius 2 is 1.64 bits per heavy atom. The summed E-state index contributed by atoms with van der Waals surface area (Å²) in [7, 11) is -3.88. The molecule has 0 spiro atoms. The van der Waals surface area contributed by atoms with Crippen molar-refractivity contribution < 1.29 is 17.9 Å². The number of carbonyl (C=O) groups is 1. The van der Waals surface area contributed by atoms with Crippen LogP contribution in [0.3, 0.4) is 0 Å². The van der Waals surface area contributed by atoms with Gasteiger partial charge in [-0.2, -0.15) is 0 Å². The second-order valence-corrected chi connectivity index (χ2v) is 8.95. The molecule has 134 valence electrons. The van der Waals surface area contributed by atoms with E-state index in [2.05, 4.69) is 22.6 Å². The van der Waals surface area contributed by atoms with E-state index in [1.807, 2.05) is 6.92 Å². The Balaban J connectivity index is 2.44. The van der Waals surface area contributed by atoms with Crippen LogP contribution in [0.25, 0.3) is 0 Å². The lowest BCUT2D eigenvalue weighted by Crippen LogP contribution is -2.37. The van der Waals surface area contributed by atoms with Gasteiger partial charge in [0.05, 0.1) is 16.7 Å². The molecule has 0 fully saturated rings. The summed E-state index contributed by atoms with van der Waals surface area (Å²) in [6.07, 6.45) is -0.312. The molecule has 25 heavy (non-hydrogen) atoms. The van der Waals surface area contributed by atoms with Gasteiger partial charge in [0.25, 0.3) is 10.0 Å². The van der Waals surface area contributed by atoms with Crippen LogP contribution in [0.5, 0.6) is 0 Å². The van der Waals surface area contributed by atoms with E-state index in [0.29, 0.717) is 5.69 Å². The van der Waals surface area contributed by atoms with Crippen molar-refractivity contribution in [1.29, 1.82) is 0 Å². The van der Waals surface area contributed by atoms with E-state index >= 15 is 0 Å². The number of aryl methyl sites for hydroxylation is 1. The van der Waals surface area contributed by atoms with Gasteiger partial charge in [-0.25, -0.2) is 8.42 Å². The van der Waals surface area contributed by atoms with Crippen LogP contribution in [0, 0.1) is 10.5 Å². The van der Waals surface area contributed by atoms with E-state index in [1.165, 1.54) is 12.1 Å². The Morgan fingerprint density at radius 1 is 1.08 bits per heavy atom. The average molecular weight is 473 g/mol. The summed E-state index contributed by atoms with van der Waals surface area (Å²) in [5.41, 5.74) is 1.38. The largest absolute Gasteiger partial charge is 0.462 e. The number of sulfonamides is 1. The molecule has 5 nitrogen and oxygen atoms in total. The van der Waals surface area contributed by atoms with Crippen molar-refractivity contribution in [3.05, 3.63) is 57.7 Å². The molecule has 0 aliphatic rings. The highest BCUT2D eigenvalue weighted by atomic mass is 127. The third kappa shape index (κ3) is 5.18. The normalized spacial score (nSPS) is 11.4. The molecule has 0 radical (unpaired) electrons. The van der Waals surface area contributed by atoms with Gasteiger partial charge in [-0.3, -0.25) is 9.10 Å². The molecule has 0 N–H and O–H groups in total. The van der Waals surface area contributed by atoms with Gasteiger partial charge in [-0.15, -0.1) is 0 Å². The number of anilines is 1. The van der Waals surface area contributed by atoms with Crippen LogP contribution >= 0.6 is 22.6 Å². The van der Waals surface area contributed by atoms with Gasteiger partial charge in [0.15, 0.2) is 0 Å². The zero-order valence-electron chi connectivity index (χ0n) is 14.3. The first-order chi connectivity index (χ1) is 11.7. The van der Waals surface area contributed by atoms with Gasteiger partial charge in [0, 0.05) is 3.57 Å². The lowest BCUT2D eigenvalue weighted by Gasteiger charge is -2.24. The van der Waals surface area contributed by atoms with E-state index in [4.69, 9.17) is 4.74 Å². The lowest BCUT2D eigenvalue weighted by atomic mass is 10.2. The number of hydrogen-bond acceptors (Lipinski definition) is 4.